The maximum Gasteiger partial charge on any atom is 0.253 e. The number of rotatable bonds is 4. The third kappa shape index (κ3) is 5.95. The zero-order chi connectivity index (χ0) is 15.7. The maximum atomic E-state index is 11.8. The molecule has 1 rings (SSSR count). The van der Waals surface area contributed by atoms with Crippen LogP contribution in [0.25, 0.3) is 0 Å². The number of nitrogens with two attached hydrogens (primary N) is 1. The number of nitrogens with zero attached hydrogens (tertiary/aromatic N) is 1. The van der Waals surface area contributed by atoms with E-state index >= 15 is 0 Å². The molecule has 0 saturated heterocycles. The molecule has 20 heavy (non-hydrogen) atoms. The molecule has 0 aromatic heterocycles. The molecule has 1 aromatic carbocycles. The molecule has 0 bridgehead atoms. The van der Waals surface area contributed by atoms with Gasteiger partial charge in [-0.3, -0.25) is 9.00 Å². The van der Waals surface area contributed by atoms with Gasteiger partial charge in [0.1, 0.15) is 0 Å². The second kappa shape index (κ2) is 9.81. The van der Waals surface area contributed by atoms with Crippen LogP contribution >= 0.6 is 11.6 Å². The maximum absolute atomic E-state index is 11.8. The highest BCUT2D eigenvalue weighted by molar-refractivity contribution is 7.79. The number of nitrogens with one attached hydrogen (secondary N) is 1. The van der Waals surface area contributed by atoms with Gasteiger partial charge in [-0.25, -0.2) is 5.48 Å². The predicted octanol–water partition coefficient (Wildman–Crippen LogP) is 0.204. The summed E-state index contributed by atoms with van der Waals surface area (Å²) in [5, 5.41) is 7.41. The molecule has 1 atom stereocenters. The number of hydroxylamine groups is 1. The molecule has 1 amide bonds. The van der Waals surface area contributed by atoms with Gasteiger partial charge in [-0.05, 0) is 29.3 Å². The molecule has 0 aliphatic rings. The van der Waals surface area contributed by atoms with E-state index in [2.05, 4.69) is 0 Å². The number of amides is 1. The molecule has 0 aliphatic heterocycles. The molecule has 1 aromatic rings. The zero-order valence-electron chi connectivity index (χ0n) is 11.1. The lowest BCUT2D eigenvalue weighted by Crippen LogP contribution is -2.31. The normalized spacial score (nSPS) is 11.3. The smallest absolute Gasteiger partial charge is 0.253 e. The van der Waals surface area contributed by atoms with Crippen molar-refractivity contribution in [2.75, 3.05) is 27.2 Å². The van der Waals surface area contributed by atoms with Crippen LogP contribution in [0, 0.1) is 0 Å². The minimum absolute atomic E-state index is 0.0846. The molecule has 0 heterocycles. The van der Waals surface area contributed by atoms with E-state index in [9.17, 15) is 13.6 Å². The van der Waals surface area contributed by atoms with Crippen LogP contribution in [-0.4, -0.2) is 52.0 Å². The van der Waals surface area contributed by atoms with Crippen molar-refractivity contribution < 1.29 is 18.8 Å². The van der Waals surface area contributed by atoms with Gasteiger partial charge in [0.05, 0.1) is 5.02 Å². The lowest BCUT2D eigenvalue weighted by atomic mass is 10.2. The molecule has 7 nitrogen and oxygen atoms in total. The Hall–Kier alpha value is -1.03. The van der Waals surface area contributed by atoms with Crippen LogP contribution in [0.15, 0.2) is 23.1 Å². The molecule has 1 unspecified atom stereocenters. The molecular weight excluding hydrogens is 306 g/mol. The van der Waals surface area contributed by atoms with Crippen molar-refractivity contribution in [1.29, 1.82) is 0 Å². The average Bonchev–Trinajstić information content (AvgIpc) is 2.39. The van der Waals surface area contributed by atoms with Crippen LogP contribution < -0.4 is 11.2 Å². The summed E-state index contributed by atoms with van der Waals surface area (Å²) < 4.78 is 21.7. The van der Waals surface area contributed by atoms with Crippen molar-refractivity contribution >= 4 is 28.6 Å². The van der Waals surface area contributed by atoms with Crippen molar-refractivity contribution in [3.63, 3.8) is 0 Å². The lowest BCUT2D eigenvalue weighted by molar-refractivity contribution is 0.0799. The fourth-order valence-electron chi connectivity index (χ4n) is 1.28. The standard InChI is InChI=1S/C10H13ClN2O3S.CH5NO/c1-13(5-4-12)10(14)7-2-3-8(11)9(6-7)17(15)16;1-2-3/h2-3,6H,4-5,12H2,1H3,(H,15,16);2-3H,1H3/p-1. The molecule has 0 saturated carbocycles. The first-order valence-electron chi connectivity index (χ1n) is 5.54. The number of halogens is 1. The number of carbonyl (C=O) groups excluding carboxylic acids is 1. The van der Waals surface area contributed by atoms with Crippen LogP contribution in [0.2, 0.25) is 5.02 Å². The SMILES string of the molecule is CN(CCN)C(=O)c1ccc(Cl)c(S(=O)[O-])c1.CNO. The second-order valence-corrected chi connectivity index (χ2v) is 4.94. The van der Waals surface area contributed by atoms with Gasteiger partial charge in [0.2, 0.25) is 0 Å². The van der Waals surface area contributed by atoms with Gasteiger partial charge < -0.3 is 20.4 Å². The van der Waals surface area contributed by atoms with Gasteiger partial charge >= 0.3 is 0 Å². The Balaban J connectivity index is 0.00000110. The van der Waals surface area contributed by atoms with Crippen molar-refractivity contribution in [3.8, 4) is 0 Å². The fraction of sp³-hybridized carbons (Fsp3) is 0.364. The van der Waals surface area contributed by atoms with Crippen molar-refractivity contribution in [2.24, 2.45) is 5.73 Å². The van der Waals surface area contributed by atoms with Crippen LogP contribution in [-0.2, 0) is 11.1 Å². The van der Waals surface area contributed by atoms with Gasteiger partial charge in [0.25, 0.3) is 5.91 Å². The molecule has 4 N–H and O–H groups in total. The Morgan fingerprint density at radius 3 is 2.60 bits per heavy atom. The van der Waals surface area contributed by atoms with Crippen molar-refractivity contribution in [3.05, 3.63) is 28.8 Å². The first-order chi connectivity index (χ1) is 9.38. The first kappa shape index (κ1) is 19.0. The van der Waals surface area contributed by atoms with Gasteiger partial charge in [0, 0.05) is 37.6 Å². The van der Waals surface area contributed by atoms with Gasteiger partial charge in [0.15, 0.2) is 0 Å². The van der Waals surface area contributed by atoms with Crippen molar-refractivity contribution in [1.82, 2.24) is 10.4 Å². The van der Waals surface area contributed by atoms with Crippen LogP contribution in [0.5, 0.6) is 0 Å². The van der Waals surface area contributed by atoms with E-state index in [-0.39, 0.29) is 21.4 Å². The van der Waals surface area contributed by atoms with Gasteiger partial charge in [-0.15, -0.1) is 0 Å². The van der Waals surface area contributed by atoms with E-state index in [1.807, 2.05) is 0 Å². The molecule has 0 spiro atoms. The van der Waals surface area contributed by atoms with Crippen LogP contribution in [0.4, 0.5) is 0 Å². The van der Waals surface area contributed by atoms with E-state index in [0.29, 0.717) is 13.1 Å². The molecular formula is C11H17ClN3O4S-. The monoisotopic (exact) mass is 322 g/mol. The Labute approximate surface area is 125 Å². The topological polar surface area (TPSA) is 119 Å². The first-order valence-corrected chi connectivity index (χ1v) is 6.99. The minimum atomic E-state index is -2.46. The number of benzene rings is 1. The molecule has 0 fully saturated rings. The third-order valence-corrected chi connectivity index (χ3v) is 3.31. The Morgan fingerprint density at radius 1 is 1.60 bits per heavy atom. The van der Waals surface area contributed by atoms with E-state index in [1.165, 1.54) is 30.1 Å². The largest absolute Gasteiger partial charge is 0.768 e. The summed E-state index contributed by atoms with van der Waals surface area (Å²) in [7, 11) is 3.03. The summed E-state index contributed by atoms with van der Waals surface area (Å²) >= 11 is 3.24. The molecule has 9 heteroatoms. The summed E-state index contributed by atoms with van der Waals surface area (Å²) in [5.41, 5.74) is 7.35. The number of carbonyl (C=O) groups is 1. The number of likely N-dealkylation sites (N-methyl/N-ethyl adjacent to an activating group) is 1. The Morgan fingerprint density at radius 2 is 2.15 bits per heavy atom. The van der Waals surface area contributed by atoms with Crippen molar-refractivity contribution in [2.45, 2.75) is 4.90 Å². The average molecular weight is 323 g/mol. The highest BCUT2D eigenvalue weighted by Crippen LogP contribution is 2.21. The quantitative estimate of drug-likeness (QED) is 0.538. The van der Waals surface area contributed by atoms with E-state index < -0.39 is 11.1 Å². The van der Waals surface area contributed by atoms with E-state index in [4.69, 9.17) is 22.5 Å². The minimum Gasteiger partial charge on any atom is -0.768 e. The summed E-state index contributed by atoms with van der Waals surface area (Å²) in [6, 6.07) is 4.12. The highest BCUT2D eigenvalue weighted by Gasteiger charge is 2.13. The number of hydrogen-bond donors (Lipinski definition) is 3. The summed E-state index contributed by atoms with van der Waals surface area (Å²) in [6.45, 7) is 0.743. The second-order valence-electron chi connectivity index (χ2n) is 3.62. The Kier molecular flexibility index (Phi) is 9.30. The summed E-state index contributed by atoms with van der Waals surface area (Å²) in [4.78, 5) is 13.2. The van der Waals surface area contributed by atoms with Crippen LogP contribution in [0.1, 0.15) is 10.4 Å². The van der Waals surface area contributed by atoms with Gasteiger partial charge in [-0.2, -0.15) is 0 Å². The predicted molar refractivity (Wildman–Crippen MR) is 75.5 cm³/mol. The molecule has 0 radical (unpaired) electrons. The summed E-state index contributed by atoms with van der Waals surface area (Å²) in [5.74, 6) is -0.293. The summed E-state index contributed by atoms with van der Waals surface area (Å²) in [6.07, 6.45) is 0. The van der Waals surface area contributed by atoms with Gasteiger partial charge in [-0.1, -0.05) is 11.6 Å². The molecule has 0 aliphatic carbocycles. The highest BCUT2D eigenvalue weighted by atomic mass is 35.5. The Bertz CT molecular complexity index is 473. The van der Waals surface area contributed by atoms with E-state index in [1.54, 1.807) is 12.5 Å². The molecule has 114 valence electrons. The fourth-order valence-corrected chi connectivity index (χ4v) is 2.04. The van der Waals surface area contributed by atoms with Crippen LogP contribution in [0.3, 0.4) is 0 Å². The zero-order valence-corrected chi connectivity index (χ0v) is 12.7. The third-order valence-electron chi connectivity index (χ3n) is 2.17. The lowest BCUT2D eigenvalue weighted by Gasteiger charge is -2.17. The number of hydrogen-bond acceptors (Lipinski definition) is 6. The van der Waals surface area contributed by atoms with E-state index in [0.717, 1.165) is 0 Å².